The summed E-state index contributed by atoms with van der Waals surface area (Å²) in [5.41, 5.74) is 0. The molecule has 4 nitrogen and oxygen atoms in total. The Labute approximate surface area is 186 Å². The van der Waals surface area contributed by atoms with Crippen molar-refractivity contribution >= 4 is 0 Å². The first-order valence-corrected chi connectivity index (χ1v) is 12.8. The topological polar surface area (TPSA) is 36.9 Å². The van der Waals surface area contributed by atoms with Gasteiger partial charge < -0.3 is 18.9 Å². The molecule has 0 aromatic carbocycles. The van der Waals surface area contributed by atoms with Crippen molar-refractivity contribution in [1.82, 2.24) is 0 Å². The smallest absolute Gasteiger partial charge is 0.0704 e. The minimum atomic E-state index is 0.405. The first-order chi connectivity index (χ1) is 14.4. The maximum atomic E-state index is 6.19. The van der Waals surface area contributed by atoms with E-state index in [2.05, 4.69) is 41.5 Å². The first kappa shape index (κ1) is 26.1. The fourth-order valence-corrected chi connectivity index (χ4v) is 5.45. The molecule has 30 heavy (non-hydrogen) atoms. The second-order valence-corrected chi connectivity index (χ2v) is 10.7. The second-order valence-electron chi connectivity index (χ2n) is 10.7. The van der Waals surface area contributed by atoms with Gasteiger partial charge in [0.1, 0.15) is 0 Å². The minimum Gasteiger partial charge on any atom is -0.377 e. The van der Waals surface area contributed by atoms with E-state index in [1.54, 1.807) is 0 Å². The van der Waals surface area contributed by atoms with Gasteiger partial charge in [-0.05, 0) is 61.2 Å². The third kappa shape index (κ3) is 9.14. The van der Waals surface area contributed by atoms with Crippen LogP contribution in [-0.4, -0.2) is 51.8 Å². The van der Waals surface area contributed by atoms with Crippen LogP contribution in [0, 0.1) is 35.5 Å². The van der Waals surface area contributed by atoms with Crippen LogP contribution in [-0.2, 0) is 18.9 Å². The molecule has 6 atom stereocenters. The molecule has 0 aromatic rings. The molecule has 0 heterocycles. The normalized spacial score (nSPS) is 32.8. The van der Waals surface area contributed by atoms with E-state index in [1.807, 2.05) is 0 Å². The molecule has 2 fully saturated rings. The highest BCUT2D eigenvalue weighted by molar-refractivity contribution is 4.82. The Morgan fingerprint density at radius 3 is 1.30 bits per heavy atom. The monoisotopic (exact) mass is 426 g/mol. The van der Waals surface area contributed by atoms with Gasteiger partial charge in [0.15, 0.2) is 0 Å². The molecule has 0 saturated heterocycles. The molecule has 2 saturated carbocycles. The van der Waals surface area contributed by atoms with Gasteiger partial charge in [-0.25, -0.2) is 0 Å². The van der Waals surface area contributed by atoms with Crippen molar-refractivity contribution < 1.29 is 18.9 Å². The Morgan fingerprint density at radius 2 is 0.933 bits per heavy atom. The summed E-state index contributed by atoms with van der Waals surface area (Å²) in [4.78, 5) is 0. The van der Waals surface area contributed by atoms with Crippen molar-refractivity contribution in [2.24, 2.45) is 35.5 Å². The molecule has 2 aliphatic carbocycles. The quantitative estimate of drug-likeness (QED) is 0.340. The minimum absolute atomic E-state index is 0.405. The molecule has 0 bridgehead atoms. The number of hydrogen-bond donors (Lipinski definition) is 0. The van der Waals surface area contributed by atoms with Crippen LogP contribution >= 0.6 is 0 Å². The molecule has 178 valence electrons. The van der Waals surface area contributed by atoms with E-state index >= 15 is 0 Å². The van der Waals surface area contributed by atoms with Crippen LogP contribution in [0.3, 0.4) is 0 Å². The maximum absolute atomic E-state index is 6.19. The van der Waals surface area contributed by atoms with Gasteiger partial charge in [0.25, 0.3) is 0 Å². The third-order valence-corrected chi connectivity index (χ3v) is 7.41. The lowest BCUT2D eigenvalue weighted by Crippen LogP contribution is -2.35. The van der Waals surface area contributed by atoms with Crippen molar-refractivity contribution in [2.45, 2.75) is 92.3 Å². The highest BCUT2D eigenvalue weighted by atomic mass is 16.6. The molecule has 0 aromatic heterocycles. The van der Waals surface area contributed by atoms with Crippen LogP contribution in [0.25, 0.3) is 0 Å². The average Bonchev–Trinajstić information content (AvgIpc) is 2.69. The molecule has 2 aliphatic rings. The molecule has 6 unspecified atom stereocenters. The van der Waals surface area contributed by atoms with E-state index in [0.717, 1.165) is 11.8 Å². The molecule has 4 heteroatoms. The Morgan fingerprint density at radius 1 is 0.567 bits per heavy atom. The van der Waals surface area contributed by atoms with Crippen LogP contribution in [0.2, 0.25) is 0 Å². The number of ether oxygens (including phenoxy) is 4. The highest BCUT2D eigenvalue weighted by Crippen LogP contribution is 2.36. The standard InChI is InChI=1S/C26H50O4/c1-19(2)23-9-7-21(5)17-25(23)29-15-13-27-11-12-28-14-16-30-26-18-22(6)8-10-24(26)20(3)4/h19-26H,7-18H2,1-6H3. The summed E-state index contributed by atoms with van der Waals surface area (Å²) in [5.74, 6) is 4.38. The van der Waals surface area contributed by atoms with Gasteiger partial charge in [-0.1, -0.05) is 54.4 Å². The number of hydrogen-bond acceptors (Lipinski definition) is 4. The molecule has 2 rings (SSSR count). The van der Waals surface area contributed by atoms with Gasteiger partial charge in [-0.2, -0.15) is 0 Å². The van der Waals surface area contributed by atoms with Crippen LogP contribution in [0.1, 0.15) is 80.1 Å². The zero-order chi connectivity index (χ0) is 21.9. The van der Waals surface area contributed by atoms with E-state index in [1.165, 1.54) is 38.5 Å². The van der Waals surface area contributed by atoms with Crippen LogP contribution in [0.5, 0.6) is 0 Å². The maximum Gasteiger partial charge on any atom is 0.0704 e. The Bertz CT molecular complexity index is 399. The summed E-state index contributed by atoms with van der Waals surface area (Å²) in [7, 11) is 0. The van der Waals surface area contributed by atoms with Crippen molar-refractivity contribution in [3.8, 4) is 0 Å². The van der Waals surface area contributed by atoms with Crippen LogP contribution < -0.4 is 0 Å². The molecule has 0 spiro atoms. The van der Waals surface area contributed by atoms with E-state index in [-0.39, 0.29) is 0 Å². The Hall–Kier alpha value is -0.160. The largest absolute Gasteiger partial charge is 0.377 e. The van der Waals surface area contributed by atoms with Crippen molar-refractivity contribution in [2.75, 3.05) is 39.6 Å². The lowest BCUT2D eigenvalue weighted by molar-refractivity contribution is -0.0721. The fraction of sp³-hybridized carbons (Fsp3) is 1.00. The predicted molar refractivity (Wildman–Crippen MR) is 124 cm³/mol. The van der Waals surface area contributed by atoms with Crippen LogP contribution in [0.15, 0.2) is 0 Å². The summed E-state index contributed by atoms with van der Waals surface area (Å²) in [5, 5.41) is 0. The van der Waals surface area contributed by atoms with Crippen LogP contribution in [0.4, 0.5) is 0 Å². The van der Waals surface area contributed by atoms with Gasteiger partial charge in [-0.15, -0.1) is 0 Å². The van der Waals surface area contributed by atoms with Crippen molar-refractivity contribution in [3.63, 3.8) is 0 Å². The zero-order valence-corrected chi connectivity index (χ0v) is 20.7. The summed E-state index contributed by atoms with van der Waals surface area (Å²) in [6, 6.07) is 0. The fourth-order valence-electron chi connectivity index (χ4n) is 5.45. The second kappa shape index (κ2) is 14.1. The average molecular weight is 427 g/mol. The molecular weight excluding hydrogens is 376 g/mol. The molecule has 0 radical (unpaired) electrons. The summed E-state index contributed by atoms with van der Waals surface area (Å²) < 4.78 is 23.8. The SMILES string of the molecule is CC1CCC(C(C)C)C(OCCOCCOCCOC2CC(C)CCC2C(C)C)C1. The van der Waals surface area contributed by atoms with Crippen molar-refractivity contribution in [3.05, 3.63) is 0 Å². The summed E-state index contributed by atoms with van der Waals surface area (Å²) in [6.07, 6.45) is 8.50. The van der Waals surface area contributed by atoms with Crippen molar-refractivity contribution in [1.29, 1.82) is 0 Å². The van der Waals surface area contributed by atoms with Gasteiger partial charge in [0.05, 0.1) is 51.8 Å². The van der Waals surface area contributed by atoms with Gasteiger partial charge in [0.2, 0.25) is 0 Å². The summed E-state index contributed by atoms with van der Waals surface area (Å²) >= 11 is 0. The lowest BCUT2D eigenvalue weighted by atomic mass is 9.75. The molecule has 0 amide bonds. The predicted octanol–water partition coefficient (Wildman–Crippen LogP) is 5.97. The first-order valence-electron chi connectivity index (χ1n) is 12.8. The molecule has 0 aliphatic heterocycles. The molecular formula is C26H50O4. The van der Waals surface area contributed by atoms with Gasteiger partial charge >= 0.3 is 0 Å². The Kier molecular flexibility index (Phi) is 12.2. The Balaban J connectivity index is 1.47. The van der Waals surface area contributed by atoms with E-state index in [4.69, 9.17) is 18.9 Å². The highest BCUT2D eigenvalue weighted by Gasteiger charge is 2.32. The van der Waals surface area contributed by atoms with E-state index < -0.39 is 0 Å². The lowest BCUT2D eigenvalue weighted by Gasteiger charge is -2.37. The van der Waals surface area contributed by atoms with Gasteiger partial charge in [0, 0.05) is 0 Å². The van der Waals surface area contributed by atoms with E-state index in [9.17, 15) is 0 Å². The summed E-state index contributed by atoms with van der Waals surface area (Å²) in [6.45, 7) is 18.0. The number of rotatable bonds is 13. The molecule has 0 N–H and O–H groups in total. The third-order valence-electron chi connectivity index (χ3n) is 7.41. The zero-order valence-electron chi connectivity index (χ0n) is 20.7. The van der Waals surface area contributed by atoms with E-state index in [0.29, 0.717) is 75.5 Å². The van der Waals surface area contributed by atoms with Gasteiger partial charge in [-0.3, -0.25) is 0 Å².